The number of hydrogen-bond donors (Lipinski definition) is 3. The van der Waals surface area contributed by atoms with E-state index in [-0.39, 0.29) is 24.3 Å². The number of carbonyl (C=O) groups excluding carboxylic acids is 3. The van der Waals surface area contributed by atoms with Gasteiger partial charge in [-0.05, 0) is 63.3 Å². The summed E-state index contributed by atoms with van der Waals surface area (Å²) < 4.78 is 11.9. The van der Waals surface area contributed by atoms with Gasteiger partial charge in [0.2, 0.25) is 17.7 Å². The smallest absolute Gasteiger partial charge is 0.245 e. The standard InChI is InChI=1S/C26H37N3O6/c1-3-5-14-27-24(32)22-26-13-12-19(35-26)20(21(26)25(33)29(22)15-6-7-16-30)23(31)28-17-8-10-18(11-9-17)34-4-2/h8-11,19-22,30H,3-7,12-16H2,1-2H3,(H,27,32)(H,28,31)/t19-,20+,21-,22?,26?/m0/s1. The number of likely N-dealkylation sites (tertiary alicyclic amines) is 1. The van der Waals surface area contributed by atoms with Gasteiger partial charge in [0.05, 0.1) is 24.5 Å². The van der Waals surface area contributed by atoms with Crippen LogP contribution in [0.1, 0.15) is 52.4 Å². The third-order valence-corrected chi connectivity index (χ3v) is 7.42. The van der Waals surface area contributed by atoms with Crippen molar-refractivity contribution in [1.29, 1.82) is 0 Å². The molecule has 2 bridgehead atoms. The van der Waals surface area contributed by atoms with Gasteiger partial charge < -0.3 is 30.1 Å². The summed E-state index contributed by atoms with van der Waals surface area (Å²) >= 11 is 0. The minimum Gasteiger partial charge on any atom is -0.494 e. The summed E-state index contributed by atoms with van der Waals surface area (Å²) in [6, 6.07) is 6.36. The molecule has 9 heteroatoms. The summed E-state index contributed by atoms with van der Waals surface area (Å²) in [6.07, 6.45) is 3.73. The van der Waals surface area contributed by atoms with Crippen molar-refractivity contribution in [2.45, 2.75) is 70.1 Å². The SMILES string of the molecule is CCCCNC(=O)C1N(CCCCO)C(=O)[C@@H]2[C@H](C(=O)Nc3ccc(OCC)cc3)[C@@H]3CCC12O3. The number of unbranched alkanes of at least 4 members (excludes halogenated alkanes) is 2. The molecule has 5 atom stereocenters. The Morgan fingerprint density at radius 2 is 1.94 bits per heavy atom. The second-order valence-electron chi connectivity index (χ2n) is 9.61. The first-order valence-electron chi connectivity index (χ1n) is 12.9. The fraction of sp³-hybridized carbons (Fsp3) is 0.654. The number of anilines is 1. The van der Waals surface area contributed by atoms with Gasteiger partial charge in [-0.15, -0.1) is 0 Å². The van der Waals surface area contributed by atoms with Gasteiger partial charge in [0.1, 0.15) is 17.4 Å². The molecule has 3 fully saturated rings. The quantitative estimate of drug-likeness (QED) is 0.389. The van der Waals surface area contributed by atoms with Crippen LogP contribution in [0.4, 0.5) is 5.69 Å². The predicted molar refractivity (Wildman–Crippen MR) is 130 cm³/mol. The molecule has 2 unspecified atom stereocenters. The molecule has 9 nitrogen and oxygen atoms in total. The number of amides is 3. The molecule has 3 amide bonds. The van der Waals surface area contributed by atoms with Gasteiger partial charge in [0.15, 0.2) is 0 Å². The summed E-state index contributed by atoms with van der Waals surface area (Å²) in [5.41, 5.74) is -0.368. The molecule has 0 saturated carbocycles. The van der Waals surface area contributed by atoms with Crippen LogP contribution in [0.3, 0.4) is 0 Å². The molecule has 0 aromatic heterocycles. The van der Waals surface area contributed by atoms with Gasteiger partial charge in [-0.3, -0.25) is 14.4 Å². The minimum absolute atomic E-state index is 0.0235. The van der Waals surface area contributed by atoms with Crippen molar-refractivity contribution in [3.63, 3.8) is 0 Å². The normalized spacial score (nSPS) is 28.8. The number of hydrogen-bond acceptors (Lipinski definition) is 6. The lowest BCUT2D eigenvalue weighted by molar-refractivity contribution is -0.141. The highest BCUT2D eigenvalue weighted by Gasteiger charge is 2.74. The molecular formula is C26H37N3O6. The topological polar surface area (TPSA) is 117 Å². The van der Waals surface area contributed by atoms with Gasteiger partial charge in [-0.25, -0.2) is 0 Å². The Morgan fingerprint density at radius 3 is 2.63 bits per heavy atom. The van der Waals surface area contributed by atoms with E-state index in [1.165, 1.54) is 0 Å². The van der Waals surface area contributed by atoms with E-state index < -0.39 is 29.6 Å². The number of benzene rings is 1. The van der Waals surface area contributed by atoms with Crippen molar-refractivity contribution >= 4 is 23.4 Å². The van der Waals surface area contributed by atoms with Gasteiger partial charge in [0, 0.05) is 25.4 Å². The maximum Gasteiger partial charge on any atom is 0.245 e. The van der Waals surface area contributed by atoms with Crippen LogP contribution in [0.2, 0.25) is 0 Å². The van der Waals surface area contributed by atoms with E-state index in [9.17, 15) is 19.5 Å². The van der Waals surface area contributed by atoms with Crippen LogP contribution < -0.4 is 15.4 Å². The Morgan fingerprint density at radius 1 is 1.17 bits per heavy atom. The number of carbonyl (C=O) groups is 3. The Labute approximate surface area is 206 Å². The van der Waals surface area contributed by atoms with Crippen molar-refractivity contribution in [3.05, 3.63) is 24.3 Å². The average Bonchev–Trinajstić information content (AvgIpc) is 3.48. The maximum atomic E-state index is 13.7. The third kappa shape index (κ3) is 4.76. The van der Waals surface area contributed by atoms with Gasteiger partial charge >= 0.3 is 0 Å². The first-order valence-corrected chi connectivity index (χ1v) is 12.9. The third-order valence-electron chi connectivity index (χ3n) is 7.42. The fourth-order valence-electron chi connectivity index (χ4n) is 5.90. The van der Waals surface area contributed by atoms with Crippen LogP contribution in [0.15, 0.2) is 24.3 Å². The van der Waals surface area contributed by atoms with Gasteiger partial charge in [0.25, 0.3) is 0 Å². The molecule has 1 aromatic carbocycles. The van der Waals surface area contributed by atoms with E-state index in [1.807, 2.05) is 6.92 Å². The zero-order valence-electron chi connectivity index (χ0n) is 20.6. The lowest BCUT2D eigenvalue weighted by atomic mass is 9.70. The van der Waals surface area contributed by atoms with Crippen LogP contribution in [-0.4, -0.2) is 71.8 Å². The van der Waals surface area contributed by atoms with Crippen LogP contribution in [0.5, 0.6) is 5.75 Å². The summed E-state index contributed by atoms with van der Waals surface area (Å²) in [6.45, 7) is 5.43. The number of ether oxygens (including phenoxy) is 2. The summed E-state index contributed by atoms with van der Waals surface area (Å²) in [5, 5.41) is 15.1. The minimum atomic E-state index is -0.988. The molecule has 0 radical (unpaired) electrons. The molecule has 3 aliphatic heterocycles. The monoisotopic (exact) mass is 487 g/mol. The number of rotatable bonds is 12. The highest BCUT2D eigenvalue weighted by molar-refractivity contribution is 6.02. The molecule has 192 valence electrons. The van der Waals surface area contributed by atoms with E-state index in [0.717, 1.165) is 12.8 Å². The lowest BCUT2D eigenvalue weighted by Gasteiger charge is -2.33. The zero-order chi connectivity index (χ0) is 25.0. The van der Waals surface area contributed by atoms with Crippen molar-refractivity contribution in [3.8, 4) is 5.75 Å². The van der Waals surface area contributed by atoms with E-state index in [1.54, 1.807) is 29.2 Å². The van der Waals surface area contributed by atoms with Gasteiger partial charge in [-0.2, -0.15) is 0 Å². The molecular weight excluding hydrogens is 450 g/mol. The fourth-order valence-corrected chi connectivity index (χ4v) is 5.90. The second-order valence-corrected chi connectivity index (χ2v) is 9.61. The molecule has 1 aromatic rings. The zero-order valence-corrected chi connectivity index (χ0v) is 20.6. The number of nitrogens with one attached hydrogen (secondary N) is 2. The molecule has 35 heavy (non-hydrogen) atoms. The number of fused-ring (bicyclic) bond motifs is 1. The van der Waals surface area contributed by atoms with Gasteiger partial charge in [-0.1, -0.05) is 13.3 Å². The van der Waals surface area contributed by atoms with E-state index in [4.69, 9.17) is 9.47 Å². The molecule has 1 spiro atoms. The molecule has 4 rings (SSSR count). The van der Waals surface area contributed by atoms with Crippen molar-refractivity contribution in [1.82, 2.24) is 10.2 Å². The Balaban J connectivity index is 1.56. The van der Waals surface area contributed by atoms with Crippen LogP contribution in [-0.2, 0) is 19.1 Å². The molecule has 0 aliphatic carbocycles. The van der Waals surface area contributed by atoms with Crippen molar-refractivity contribution in [2.24, 2.45) is 11.8 Å². The Hall–Kier alpha value is -2.65. The lowest BCUT2D eigenvalue weighted by Crippen LogP contribution is -2.55. The Kier molecular flexibility index (Phi) is 7.96. The first kappa shape index (κ1) is 25.4. The number of aliphatic hydroxyl groups is 1. The number of aliphatic hydroxyl groups excluding tert-OH is 1. The molecule has 3 saturated heterocycles. The van der Waals surface area contributed by atoms with E-state index in [2.05, 4.69) is 17.6 Å². The summed E-state index contributed by atoms with van der Waals surface area (Å²) in [5.74, 6) is -1.31. The molecule has 3 N–H and O–H groups in total. The maximum absolute atomic E-state index is 13.7. The summed E-state index contributed by atoms with van der Waals surface area (Å²) in [7, 11) is 0. The Bertz CT molecular complexity index is 922. The highest BCUT2D eigenvalue weighted by Crippen LogP contribution is 2.58. The van der Waals surface area contributed by atoms with Crippen LogP contribution >= 0.6 is 0 Å². The average molecular weight is 488 g/mol. The molecule has 3 aliphatic rings. The summed E-state index contributed by atoms with van der Waals surface area (Å²) in [4.78, 5) is 42.1. The second kappa shape index (κ2) is 11.0. The van der Waals surface area contributed by atoms with E-state index in [0.29, 0.717) is 56.8 Å². The first-order chi connectivity index (χ1) is 17.0. The number of nitrogens with zero attached hydrogens (tertiary/aromatic N) is 1. The largest absolute Gasteiger partial charge is 0.494 e. The van der Waals surface area contributed by atoms with Crippen molar-refractivity contribution in [2.75, 3.05) is 31.6 Å². The van der Waals surface area contributed by atoms with Crippen LogP contribution in [0, 0.1) is 11.8 Å². The van der Waals surface area contributed by atoms with Crippen molar-refractivity contribution < 1.29 is 29.0 Å². The van der Waals surface area contributed by atoms with Crippen LogP contribution in [0.25, 0.3) is 0 Å². The molecule has 3 heterocycles. The predicted octanol–water partition coefficient (Wildman–Crippen LogP) is 2.09. The highest BCUT2D eigenvalue weighted by atomic mass is 16.5. The van der Waals surface area contributed by atoms with E-state index >= 15 is 0 Å².